The molecule has 1 fully saturated rings. The average Bonchev–Trinajstić information content (AvgIpc) is 3.51. The zero-order valence-corrected chi connectivity index (χ0v) is 15.7. The number of aromatic nitrogens is 2. The molecular formula is C22H20N4O3. The smallest absolute Gasteiger partial charge is 0.299 e. The van der Waals surface area contributed by atoms with Crippen molar-refractivity contribution < 1.29 is 13.6 Å². The number of para-hydroxylation sites is 2. The number of benzene rings is 1. The Hall–Kier alpha value is -3.61. The van der Waals surface area contributed by atoms with Crippen molar-refractivity contribution in [1.29, 1.82) is 0 Å². The zero-order valence-electron chi connectivity index (χ0n) is 15.7. The summed E-state index contributed by atoms with van der Waals surface area (Å²) in [4.78, 5) is 23.6. The van der Waals surface area contributed by atoms with E-state index in [1.807, 2.05) is 47.4 Å². The second kappa shape index (κ2) is 7.43. The van der Waals surface area contributed by atoms with Gasteiger partial charge in [0.2, 0.25) is 5.91 Å². The summed E-state index contributed by atoms with van der Waals surface area (Å²) < 4.78 is 11.3. The lowest BCUT2D eigenvalue weighted by Crippen LogP contribution is -2.43. The topological polar surface area (TPSA) is 84.4 Å². The Labute approximate surface area is 167 Å². The largest absolute Gasteiger partial charge is 0.464 e. The fourth-order valence-corrected chi connectivity index (χ4v) is 3.72. The molecule has 7 nitrogen and oxygen atoms in total. The van der Waals surface area contributed by atoms with Crippen LogP contribution in [0.4, 0.5) is 6.01 Å². The summed E-state index contributed by atoms with van der Waals surface area (Å²) in [5.41, 5.74) is 3.33. The predicted molar refractivity (Wildman–Crippen MR) is 108 cm³/mol. The number of rotatable bonds is 5. The summed E-state index contributed by atoms with van der Waals surface area (Å²) in [5.74, 6) is 0.719. The lowest BCUT2D eigenvalue weighted by molar-refractivity contribution is -0.122. The number of carbonyl (C=O) groups excluding carboxylic acids is 1. The highest BCUT2D eigenvalue weighted by molar-refractivity contribution is 5.85. The molecule has 1 amide bonds. The number of nitrogens with one attached hydrogen (secondary N) is 1. The number of oxazole rings is 1. The van der Waals surface area contributed by atoms with Crippen LogP contribution >= 0.6 is 0 Å². The molecule has 0 spiro atoms. The maximum Gasteiger partial charge on any atom is 0.299 e. The van der Waals surface area contributed by atoms with Crippen LogP contribution < -0.4 is 10.2 Å². The fraction of sp³-hybridized carbons (Fsp3) is 0.227. The van der Waals surface area contributed by atoms with E-state index in [2.05, 4.69) is 15.3 Å². The Morgan fingerprint density at radius 2 is 2.14 bits per heavy atom. The Balaban J connectivity index is 1.28. The van der Waals surface area contributed by atoms with Crippen molar-refractivity contribution in [2.45, 2.75) is 25.4 Å². The first-order valence-electron chi connectivity index (χ1n) is 9.66. The molecule has 4 aromatic rings. The molecule has 3 aromatic heterocycles. The molecule has 5 rings (SSSR count). The summed E-state index contributed by atoms with van der Waals surface area (Å²) in [5, 5.41) is 3.03. The third kappa shape index (κ3) is 3.47. The number of fused-ring (bicyclic) bond motifs is 1. The molecule has 0 aliphatic carbocycles. The highest BCUT2D eigenvalue weighted by Crippen LogP contribution is 2.28. The molecule has 146 valence electrons. The first-order valence-corrected chi connectivity index (χ1v) is 9.66. The first-order chi connectivity index (χ1) is 14.3. The number of pyridine rings is 1. The van der Waals surface area contributed by atoms with Gasteiger partial charge in [-0.2, -0.15) is 4.98 Å². The van der Waals surface area contributed by atoms with E-state index in [1.165, 1.54) is 0 Å². The van der Waals surface area contributed by atoms with Gasteiger partial charge < -0.3 is 19.1 Å². The van der Waals surface area contributed by atoms with E-state index >= 15 is 0 Å². The molecule has 7 heteroatoms. The van der Waals surface area contributed by atoms with Gasteiger partial charge in [0.1, 0.15) is 17.3 Å². The van der Waals surface area contributed by atoms with Gasteiger partial charge in [0.25, 0.3) is 6.01 Å². The average molecular weight is 388 g/mol. The van der Waals surface area contributed by atoms with Gasteiger partial charge in [-0.3, -0.25) is 9.78 Å². The molecule has 0 bridgehead atoms. The minimum Gasteiger partial charge on any atom is -0.464 e. The van der Waals surface area contributed by atoms with E-state index < -0.39 is 0 Å². The normalized spacial score (nSPS) is 16.4. The zero-order chi connectivity index (χ0) is 19.6. The van der Waals surface area contributed by atoms with Gasteiger partial charge in [-0.15, -0.1) is 0 Å². The molecule has 1 aliphatic rings. The molecule has 0 saturated carbocycles. The second-order valence-electron chi connectivity index (χ2n) is 7.09. The standard InChI is InChI=1S/C22H20N4O3/c27-21(24-13-15-11-16(14-23-12-15)19-8-4-10-28-19)18-6-3-9-26(18)22-25-17-5-1-2-7-20(17)29-22/h1-2,4-5,7-8,10-12,14,18H,3,6,9,13H2,(H,24,27). The van der Waals surface area contributed by atoms with E-state index in [0.29, 0.717) is 12.6 Å². The Morgan fingerprint density at radius 3 is 3.00 bits per heavy atom. The van der Waals surface area contributed by atoms with Crippen molar-refractivity contribution in [3.8, 4) is 11.3 Å². The van der Waals surface area contributed by atoms with Crippen LogP contribution in [0.3, 0.4) is 0 Å². The van der Waals surface area contributed by atoms with Crippen molar-refractivity contribution in [3.05, 3.63) is 66.7 Å². The molecule has 29 heavy (non-hydrogen) atoms. The number of nitrogens with zero attached hydrogens (tertiary/aromatic N) is 3. The van der Waals surface area contributed by atoms with Gasteiger partial charge >= 0.3 is 0 Å². The number of hydrogen-bond donors (Lipinski definition) is 1. The number of amides is 1. The van der Waals surface area contributed by atoms with Crippen molar-refractivity contribution >= 4 is 23.0 Å². The second-order valence-corrected chi connectivity index (χ2v) is 7.09. The summed E-state index contributed by atoms with van der Waals surface area (Å²) in [6, 6.07) is 13.5. The van der Waals surface area contributed by atoms with Crippen LogP contribution in [0.25, 0.3) is 22.4 Å². The molecule has 0 radical (unpaired) electrons. The van der Waals surface area contributed by atoms with Crippen molar-refractivity contribution in [2.75, 3.05) is 11.4 Å². The van der Waals surface area contributed by atoms with Crippen LogP contribution in [0, 0.1) is 0 Å². The molecule has 1 aromatic carbocycles. The van der Waals surface area contributed by atoms with Crippen molar-refractivity contribution in [1.82, 2.24) is 15.3 Å². The van der Waals surface area contributed by atoms with E-state index in [4.69, 9.17) is 8.83 Å². The van der Waals surface area contributed by atoms with Crippen molar-refractivity contribution in [3.63, 3.8) is 0 Å². The quantitative estimate of drug-likeness (QED) is 0.560. The van der Waals surface area contributed by atoms with Gasteiger partial charge in [0.15, 0.2) is 5.58 Å². The number of furan rings is 1. The fourth-order valence-electron chi connectivity index (χ4n) is 3.72. The summed E-state index contributed by atoms with van der Waals surface area (Å²) >= 11 is 0. The van der Waals surface area contributed by atoms with Gasteiger partial charge in [0, 0.05) is 31.0 Å². The van der Waals surface area contributed by atoms with Gasteiger partial charge in [-0.05, 0) is 48.7 Å². The number of carbonyl (C=O) groups is 1. The Morgan fingerprint density at radius 1 is 1.21 bits per heavy atom. The lowest BCUT2D eigenvalue weighted by Gasteiger charge is -2.22. The third-order valence-corrected chi connectivity index (χ3v) is 5.15. The Kier molecular flexibility index (Phi) is 4.48. The molecule has 1 N–H and O–H groups in total. The summed E-state index contributed by atoms with van der Waals surface area (Å²) in [6.07, 6.45) is 6.82. The van der Waals surface area contributed by atoms with E-state index in [1.54, 1.807) is 18.7 Å². The summed E-state index contributed by atoms with van der Waals surface area (Å²) in [7, 11) is 0. The monoisotopic (exact) mass is 388 g/mol. The van der Waals surface area contributed by atoms with Gasteiger partial charge in [-0.1, -0.05) is 12.1 Å². The Bertz CT molecular complexity index is 1100. The third-order valence-electron chi connectivity index (χ3n) is 5.15. The highest BCUT2D eigenvalue weighted by Gasteiger charge is 2.33. The van der Waals surface area contributed by atoms with Crippen LogP contribution in [0.5, 0.6) is 0 Å². The van der Waals surface area contributed by atoms with Crippen LogP contribution in [0.2, 0.25) is 0 Å². The molecular weight excluding hydrogens is 368 g/mol. The number of hydrogen-bond acceptors (Lipinski definition) is 6. The van der Waals surface area contributed by atoms with Crippen LogP contribution in [-0.4, -0.2) is 28.5 Å². The first kappa shape index (κ1) is 17.5. The lowest BCUT2D eigenvalue weighted by atomic mass is 10.1. The van der Waals surface area contributed by atoms with Crippen molar-refractivity contribution in [2.24, 2.45) is 0 Å². The summed E-state index contributed by atoms with van der Waals surface area (Å²) in [6.45, 7) is 1.15. The maximum absolute atomic E-state index is 12.9. The molecule has 4 heterocycles. The molecule has 1 saturated heterocycles. The molecule has 1 atom stereocenters. The van der Waals surface area contributed by atoms with Crippen LogP contribution in [-0.2, 0) is 11.3 Å². The van der Waals surface area contributed by atoms with Gasteiger partial charge in [-0.25, -0.2) is 0 Å². The SMILES string of the molecule is O=C(NCc1cncc(-c2ccco2)c1)C1CCCN1c1nc2ccccc2o1. The minimum absolute atomic E-state index is 0.0341. The van der Waals surface area contributed by atoms with Gasteiger partial charge in [0.05, 0.1) is 6.26 Å². The highest BCUT2D eigenvalue weighted by atomic mass is 16.4. The molecule has 1 aliphatic heterocycles. The van der Waals surface area contributed by atoms with Crippen LogP contribution in [0.15, 0.2) is 70.0 Å². The van der Waals surface area contributed by atoms with E-state index in [9.17, 15) is 4.79 Å². The number of anilines is 1. The molecule has 1 unspecified atom stereocenters. The predicted octanol–water partition coefficient (Wildman–Crippen LogP) is 3.77. The minimum atomic E-state index is -0.288. The van der Waals surface area contributed by atoms with E-state index in [0.717, 1.165) is 47.4 Å². The van der Waals surface area contributed by atoms with E-state index in [-0.39, 0.29) is 11.9 Å². The van der Waals surface area contributed by atoms with Crippen LogP contribution in [0.1, 0.15) is 18.4 Å². The maximum atomic E-state index is 12.9.